The quantitative estimate of drug-likeness (QED) is 0.633. The summed E-state index contributed by atoms with van der Waals surface area (Å²) in [6, 6.07) is 12.8. The van der Waals surface area contributed by atoms with Gasteiger partial charge in [-0.15, -0.1) is 0 Å². The molecular weight excluding hydrogens is 408 g/mol. The van der Waals surface area contributed by atoms with Crippen molar-refractivity contribution >= 4 is 10.1 Å². The van der Waals surface area contributed by atoms with Crippen molar-refractivity contribution in [3.8, 4) is 5.75 Å². The van der Waals surface area contributed by atoms with Crippen LogP contribution < -0.4 is 0 Å². The molecule has 0 bridgehead atoms. The van der Waals surface area contributed by atoms with Crippen molar-refractivity contribution in [2.75, 3.05) is 0 Å². The number of phenolic OH excluding ortho intramolecular Hbond substituents is 1. The van der Waals surface area contributed by atoms with Crippen LogP contribution in [0.3, 0.4) is 0 Å². The lowest BCUT2D eigenvalue weighted by atomic mass is 9.53. The van der Waals surface area contributed by atoms with Crippen molar-refractivity contribution in [2.45, 2.75) is 69.8 Å². The molecule has 31 heavy (non-hydrogen) atoms. The SMILES string of the molecule is Cc1ccc(S(=O)(=O)O[C@H]2CCC3C4C(CC[C@@]32C)c2ccc(O)cc2C[C@@H]4C)cc1. The molecule has 6 atom stereocenters. The number of hydrogen-bond donors (Lipinski definition) is 1. The van der Waals surface area contributed by atoms with E-state index in [0.29, 0.717) is 29.4 Å². The van der Waals surface area contributed by atoms with E-state index in [1.807, 2.05) is 31.2 Å². The first-order valence-electron chi connectivity index (χ1n) is 11.5. The maximum atomic E-state index is 13.0. The molecule has 166 valence electrons. The maximum absolute atomic E-state index is 13.0. The second-order valence-electron chi connectivity index (χ2n) is 10.3. The number of fused-ring (bicyclic) bond motifs is 5. The summed E-state index contributed by atoms with van der Waals surface area (Å²) in [4.78, 5) is 0.249. The van der Waals surface area contributed by atoms with E-state index >= 15 is 0 Å². The van der Waals surface area contributed by atoms with Crippen molar-refractivity contribution in [3.05, 3.63) is 59.2 Å². The lowest BCUT2D eigenvalue weighted by Crippen LogP contribution is -2.47. The summed E-state index contributed by atoms with van der Waals surface area (Å²) in [7, 11) is -3.77. The number of benzene rings is 2. The van der Waals surface area contributed by atoms with Crippen molar-refractivity contribution in [1.82, 2.24) is 0 Å². The largest absolute Gasteiger partial charge is 0.508 e. The van der Waals surface area contributed by atoms with Crippen LogP contribution >= 0.6 is 0 Å². The molecule has 3 unspecified atom stereocenters. The molecule has 2 aromatic rings. The van der Waals surface area contributed by atoms with Gasteiger partial charge < -0.3 is 5.11 Å². The number of phenols is 1. The Morgan fingerprint density at radius 3 is 2.55 bits per heavy atom. The minimum atomic E-state index is -3.77. The highest BCUT2D eigenvalue weighted by molar-refractivity contribution is 7.86. The van der Waals surface area contributed by atoms with Gasteiger partial charge in [-0.2, -0.15) is 8.42 Å². The summed E-state index contributed by atoms with van der Waals surface area (Å²) in [6.07, 6.45) is 4.54. The van der Waals surface area contributed by atoms with Gasteiger partial charge in [-0.25, -0.2) is 0 Å². The van der Waals surface area contributed by atoms with Gasteiger partial charge in [0.05, 0.1) is 11.0 Å². The average Bonchev–Trinajstić information content (AvgIpc) is 3.03. The van der Waals surface area contributed by atoms with E-state index in [0.717, 1.165) is 37.7 Å². The Kier molecular flexibility index (Phi) is 4.98. The third kappa shape index (κ3) is 3.41. The Balaban J connectivity index is 1.42. The maximum Gasteiger partial charge on any atom is 0.297 e. The summed E-state index contributed by atoms with van der Waals surface area (Å²) in [5.41, 5.74) is 3.58. The van der Waals surface area contributed by atoms with E-state index < -0.39 is 10.1 Å². The zero-order valence-electron chi connectivity index (χ0n) is 18.5. The molecule has 0 heterocycles. The van der Waals surface area contributed by atoms with Gasteiger partial charge in [-0.1, -0.05) is 37.6 Å². The molecule has 0 aliphatic heterocycles. The predicted octanol–water partition coefficient (Wildman–Crippen LogP) is 5.58. The van der Waals surface area contributed by atoms with Crippen LogP contribution in [-0.4, -0.2) is 19.6 Å². The van der Waals surface area contributed by atoms with Crippen LogP contribution in [0, 0.1) is 30.1 Å². The molecule has 2 saturated carbocycles. The highest BCUT2D eigenvalue weighted by Crippen LogP contribution is 2.63. The third-order valence-corrected chi connectivity index (χ3v) is 9.86. The van der Waals surface area contributed by atoms with Gasteiger partial charge in [0.2, 0.25) is 0 Å². The number of aromatic hydroxyl groups is 1. The standard InChI is InChI=1S/C26H32O4S/c1-16-4-7-20(8-5-16)31(28,29)30-24-11-10-23-25-17(2)14-18-15-19(27)6-9-21(18)22(25)12-13-26(23,24)3/h4-9,15,17,22-25,27H,10-14H2,1-3H3/t17-,22?,23?,24-,25?,26-/m0/s1. The van der Waals surface area contributed by atoms with Crippen LogP contribution in [0.5, 0.6) is 5.75 Å². The Hall–Kier alpha value is -1.85. The lowest BCUT2D eigenvalue weighted by molar-refractivity contribution is -0.0232. The normalized spacial score (nSPS) is 34.6. The van der Waals surface area contributed by atoms with Crippen molar-refractivity contribution in [3.63, 3.8) is 0 Å². The topological polar surface area (TPSA) is 63.6 Å². The van der Waals surface area contributed by atoms with Crippen LogP contribution in [0.4, 0.5) is 0 Å². The lowest BCUT2D eigenvalue weighted by Gasteiger charge is -2.52. The zero-order chi connectivity index (χ0) is 22.0. The highest BCUT2D eigenvalue weighted by atomic mass is 32.2. The van der Waals surface area contributed by atoms with Crippen LogP contribution in [0.25, 0.3) is 0 Å². The summed E-state index contributed by atoms with van der Waals surface area (Å²) >= 11 is 0. The molecule has 0 amide bonds. The predicted molar refractivity (Wildman–Crippen MR) is 121 cm³/mol. The summed E-state index contributed by atoms with van der Waals surface area (Å²) in [5.74, 6) is 2.34. The Bertz CT molecular complexity index is 1090. The van der Waals surface area contributed by atoms with E-state index in [9.17, 15) is 13.5 Å². The third-order valence-electron chi connectivity index (χ3n) is 8.52. The summed E-state index contributed by atoms with van der Waals surface area (Å²) in [5, 5.41) is 9.94. The summed E-state index contributed by atoms with van der Waals surface area (Å²) in [6.45, 7) is 6.53. The smallest absolute Gasteiger partial charge is 0.297 e. The fourth-order valence-corrected chi connectivity index (χ4v) is 8.19. The molecule has 0 spiro atoms. The summed E-state index contributed by atoms with van der Waals surface area (Å²) < 4.78 is 32.0. The van der Waals surface area contributed by atoms with E-state index in [1.54, 1.807) is 12.1 Å². The Morgan fingerprint density at radius 1 is 1.06 bits per heavy atom. The zero-order valence-corrected chi connectivity index (χ0v) is 19.4. The van der Waals surface area contributed by atoms with Crippen molar-refractivity contribution in [1.29, 1.82) is 0 Å². The second kappa shape index (κ2) is 7.35. The monoisotopic (exact) mass is 440 g/mol. The minimum absolute atomic E-state index is 0.123. The minimum Gasteiger partial charge on any atom is -0.508 e. The Morgan fingerprint density at radius 2 is 1.81 bits per heavy atom. The number of hydrogen-bond acceptors (Lipinski definition) is 4. The molecule has 3 aliphatic carbocycles. The molecule has 0 aromatic heterocycles. The first-order chi connectivity index (χ1) is 14.7. The Labute approximate surface area is 185 Å². The fourth-order valence-electron chi connectivity index (χ4n) is 6.99. The molecule has 2 aromatic carbocycles. The van der Waals surface area contributed by atoms with Crippen molar-refractivity contribution in [2.24, 2.45) is 23.2 Å². The van der Waals surface area contributed by atoms with Gasteiger partial charge in [-0.3, -0.25) is 4.18 Å². The van der Waals surface area contributed by atoms with E-state index in [2.05, 4.69) is 19.9 Å². The number of aryl methyl sites for hydroxylation is 1. The van der Waals surface area contributed by atoms with Gasteiger partial charge in [0.1, 0.15) is 5.75 Å². The number of rotatable bonds is 3. The molecule has 5 heteroatoms. The first kappa shape index (κ1) is 21.0. The second-order valence-corrected chi connectivity index (χ2v) is 11.9. The molecular formula is C26H32O4S. The van der Waals surface area contributed by atoms with Crippen LogP contribution in [0.2, 0.25) is 0 Å². The molecule has 1 N–H and O–H groups in total. The molecule has 3 aliphatic rings. The van der Waals surface area contributed by atoms with Gasteiger partial charge >= 0.3 is 0 Å². The molecule has 0 radical (unpaired) electrons. The van der Waals surface area contributed by atoms with Gasteiger partial charge in [0, 0.05) is 0 Å². The van der Waals surface area contributed by atoms with Gasteiger partial charge in [0.25, 0.3) is 10.1 Å². The first-order valence-corrected chi connectivity index (χ1v) is 12.9. The van der Waals surface area contributed by atoms with E-state index in [1.165, 1.54) is 11.1 Å². The van der Waals surface area contributed by atoms with Crippen LogP contribution in [0.1, 0.15) is 62.1 Å². The fraction of sp³-hybridized carbons (Fsp3) is 0.538. The van der Waals surface area contributed by atoms with Gasteiger partial charge in [0.15, 0.2) is 0 Å². The average molecular weight is 441 g/mol. The highest BCUT2D eigenvalue weighted by Gasteiger charge is 2.57. The molecule has 0 saturated heterocycles. The van der Waals surface area contributed by atoms with E-state index in [4.69, 9.17) is 4.18 Å². The van der Waals surface area contributed by atoms with Crippen LogP contribution in [0.15, 0.2) is 47.4 Å². The molecule has 4 nitrogen and oxygen atoms in total. The van der Waals surface area contributed by atoms with Crippen molar-refractivity contribution < 1.29 is 17.7 Å². The molecule has 5 rings (SSSR count). The van der Waals surface area contributed by atoms with E-state index in [-0.39, 0.29) is 16.4 Å². The van der Waals surface area contributed by atoms with Gasteiger partial charge in [-0.05, 0) is 104 Å². The van der Waals surface area contributed by atoms with Crippen LogP contribution in [-0.2, 0) is 20.7 Å². The molecule has 2 fully saturated rings.